The van der Waals surface area contributed by atoms with Crippen LogP contribution in [-0.2, 0) is 12.6 Å². The van der Waals surface area contributed by atoms with E-state index in [0.717, 1.165) is 29.5 Å². The molecule has 1 aromatic carbocycles. The van der Waals surface area contributed by atoms with Crippen molar-refractivity contribution in [2.45, 2.75) is 31.4 Å². The maximum absolute atomic E-state index is 13.3. The zero-order valence-electron chi connectivity index (χ0n) is 10.9. The molecule has 1 unspecified atom stereocenters. The number of anilines is 1. The van der Waals surface area contributed by atoms with Crippen LogP contribution in [0.15, 0.2) is 18.2 Å². The highest BCUT2D eigenvalue weighted by Gasteiger charge is 2.37. The minimum Gasteiger partial charge on any atom is -0.375 e. The van der Waals surface area contributed by atoms with Crippen molar-refractivity contribution in [2.24, 2.45) is 0 Å². The van der Waals surface area contributed by atoms with Crippen LogP contribution in [0.2, 0.25) is 5.02 Å². The fourth-order valence-corrected chi connectivity index (χ4v) is 4.02. The standard InChI is InChI=1S/C14H12ClF3N2S/c15-7-4-5-8(10(6-7)14(16,17)18)9-2-1-3-11-12(9)21-13(19)20-11/h4-6,9H,1-3H2,(H2,19,20). The van der Waals surface area contributed by atoms with Gasteiger partial charge in [0.2, 0.25) is 0 Å². The first-order valence-electron chi connectivity index (χ1n) is 6.48. The fourth-order valence-electron chi connectivity index (χ4n) is 2.81. The Hall–Kier alpha value is -1.27. The van der Waals surface area contributed by atoms with E-state index in [2.05, 4.69) is 4.98 Å². The third kappa shape index (κ3) is 2.74. The van der Waals surface area contributed by atoms with E-state index in [4.69, 9.17) is 17.3 Å². The van der Waals surface area contributed by atoms with Gasteiger partial charge in [-0.05, 0) is 37.0 Å². The molecule has 0 bridgehead atoms. The maximum Gasteiger partial charge on any atom is 0.416 e. The molecule has 0 saturated carbocycles. The predicted octanol–water partition coefficient (Wildman–Crippen LogP) is 4.87. The molecule has 0 amide bonds. The van der Waals surface area contributed by atoms with E-state index in [1.807, 2.05) is 0 Å². The van der Waals surface area contributed by atoms with E-state index in [-0.39, 0.29) is 16.5 Å². The van der Waals surface area contributed by atoms with Crippen molar-refractivity contribution < 1.29 is 13.2 Å². The monoisotopic (exact) mass is 332 g/mol. The van der Waals surface area contributed by atoms with Gasteiger partial charge in [-0.1, -0.05) is 17.7 Å². The summed E-state index contributed by atoms with van der Waals surface area (Å²) < 4.78 is 39.8. The van der Waals surface area contributed by atoms with Gasteiger partial charge < -0.3 is 5.73 Å². The fraction of sp³-hybridized carbons (Fsp3) is 0.357. The van der Waals surface area contributed by atoms with Gasteiger partial charge >= 0.3 is 6.18 Å². The van der Waals surface area contributed by atoms with Crippen LogP contribution in [0.3, 0.4) is 0 Å². The molecule has 0 radical (unpaired) electrons. The Morgan fingerprint density at radius 1 is 1.33 bits per heavy atom. The lowest BCUT2D eigenvalue weighted by Gasteiger charge is -2.24. The van der Waals surface area contributed by atoms with Gasteiger partial charge in [-0.3, -0.25) is 0 Å². The minimum atomic E-state index is -4.42. The number of rotatable bonds is 1. The molecule has 0 spiro atoms. The summed E-state index contributed by atoms with van der Waals surface area (Å²) in [5, 5.41) is 0.500. The molecule has 1 heterocycles. The number of nitrogens with zero attached hydrogens (tertiary/aromatic N) is 1. The van der Waals surface area contributed by atoms with Crippen molar-refractivity contribution in [2.75, 3.05) is 5.73 Å². The lowest BCUT2D eigenvalue weighted by molar-refractivity contribution is -0.138. The van der Waals surface area contributed by atoms with Gasteiger partial charge in [0, 0.05) is 15.8 Å². The summed E-state index contributed by atoms with van der Waals surface area (Å²) in [7, 11) is 0. The number of thiazole rings is 1. The van der Waals surface area contributed by atoms with Crippen molar-refractivity contribution in [3.63, 3.8) is 0 Å². The summed E-state index contributed by atoms with van der Waals surface area (Å²) in [4.78, 5) is 5.08. The van der Waals surface area contributed by atoms with Crippen LogP contribution in [0.25, 0.3) is 0 Å². The number of fused-ring (bicyclic) bond motifs is 1. The second-order valence-electron chi connectivity index (χ2n) is 5.04. The Labute approximate surface area is 128 Å². The molecule has 0 fully saturated rings. The minimum absolute atomic E-state index is 0.0888. The van der Waals surface area contributed by atoms with E-state index in [0.29, 0.717) is 11.6 Å². The number of nitrogens with two attached hydrogens (primary N) is 1. The van der Waals surface area contributed by atoms with Crippen molar-refractivity contribution in [3.8, 4) is 0 Å². The molecule has 0 aliphatic heterocycles. The highest BCUT2D eigenvalue weighted by Crippen LogP contribution is 2.45. The predicted molar refractivity (Wildman–Crippen MR) is 77.8 cm³/mol. The number of aryl methyl sites for hydroxylation is 1. The third-order valence-electron chi connectivity index (χ3n) is 3.66. The lowest BCUT2D eigenvalue weighted by atomic mass is 9.84. The van der Waals surface area contributed by atoms with Gasteiger partial charge in [0.05, 0.1) is 11.3 Å². The van der Waals surface area contributed by atoms with Crippen molar-refractivity contribution in [1.82, 2.24) is 4.98 Å². The normalized spacial score (nSPS) is 18.6. The molecule has 7 heteroatoms. The molecule has 112 valence electrons. The van der Waals surface area contributed by atoms with Crippen LogP contribution in [0, 0.1) is 0 Å². The van der Waals surface area contributed by atoms with Gasteiger partial charge in [0.1, 0.15) is 0 Å². The molecule has 2 aromatic rings. The number of aromatic nitrogens is 1. The summed E-state index contributed by atoms with van der Waals surface area (Å²) in [6, 6.07) is 3.97. The summed E-state index contributed by atoms with van der Waals surface area (Å²) in [5.41, 5.74) is 6.13. The van der Waals surface area contributed by atoms with E-state index >= 15 is 0 Å². The Morgan fingerprint density at radius 3 is 2.81 bits per heavy atom. The van der Waals surface area contributed by atoms with Crippen LogP contribution >= 0.6 is 22.9 Å². The summed E-state index contributed by atoms with van der Waals surface area (Å²) in [5.74, 6) is -0.308. The van der Waals surface area contributed by atoms with Gasteiger partial charge in [0.25, 0.3) is 0 Å². The van der Waals surface area contributed by atoms with Crippen molar-refractivity contribution in [1.29, 1.82) is 0 Å². The van der Waals surface area contributed by atoms with Crippen molar-refractivity contribution in [3.05, 3.63) is 44.9 Å². The molecule has 1 aromatic heterocycles. The molecule has 2 nitrogen and oxygen atoms in total. The van der Waals surface area contributed by atoms with E-state index < -0.39 is 11.7 Å². The largest absolute Gasteiger partial charge is 0.416 e. The highest BCUT2D eigenvalue weighted by atomic mass is 35.5. The zero-order valence-corrected chi connectivity index (χ0v) is 12.4. The Bertz CT molecular complexity index is 681. The quantitative estimate of drug-likeness (QED) is 0.809. The summed E-state index contributed by atoms with van der Waals surface area (Å²) in [6.07, 6.45) is -2.18. The number of alkyl halides is 3. The van der Waals surface area contributed by atoms with Gasteiger partial charge in [-0.2, -0.15) is 13.2 Å². The third-order valence-corrected chi connectivity index (χ3v) is 4.94. The number of benzene rings is 1. The molecule has 0 saturated heterocycles. The first-order valence-corrected chi connectivity index (χ1v) is 7.67. The van der Waals surface area contributed by atoms with Crippen LogP contribution in [0.4, 0.5) is 18.3 Å². The smallest absolute Gasteiger partial charge is 0.375 e. The van der Waals surface area contributed by atoms with Gasteiger partial charge in [0.15, 0.2) is 5.13 Å². The molecule has 1 atom stereocenters. The first kappa shape index (κ1) is 14.7. The summed E-state index contributed by atoms with van der Waals surface area (Å²) >= 11 is 7.02. The molecule has 21 heavy (non-hydrogen) atoms. The molecule has 2 N–H and O–H groups in total. The average Bonchev–Trinajstić information content (AvgIpc) is 2.77. The van der Waals surface area contributed by atoms with Crippen LogP contribution < -0.4 is 5.73 Å². The maximum atomic E-state index is 13.3. The lowest BCUT2D eigenvalue weighted by Crippen LogP contribution is -2.15. The molecule has 3 rings (SSSR count). The molecule has 1 aliphatic carbocycles. The van der Waals surface area contributed by atoms with E-state index in [1.165, 1.54) is 23.5 Å². The van der Waals surface area contributed by atoms with Crippen molar-refractivity contribution >= 4 is 28.1 Å². The Balaban J connectivity index is 2.14. The molecular formula is C14H12ClF3N2S. The average molecular weight is 333 g/mol. The number of nitrogen functional groups attached to an aromatic ring is 1. The number of halogens is 4. The van der Waals surface area contributed by atoms with Crippen LogP contribution in [0.1, 0.15) is 40.5 Å². The zero-order chi connectivity index (χ0) is 15.2. The van der Waals surface area contributed by atoms with E-state index in [1.54, 1.807) is 0 Å². The van der Waals surface area contributed by atoms with Crippen LogP contribution in [0.5, 0.6) is 0 Å². The SMILES string of the molecule is Nc1nc2c(s1)C(c1ccc(Cl)cc1C(F)(F)F)CCC2. The second-order valence-corrected chi connectivity index (χ2v) is 6.54. The first-order chi connectivity index (χ1) is 9.86. The van der Waals surface area contributed by atoms with Crippen LogP contribution in [-0.4, -0.2) is 4.98 Å². The van der Waals surface area contributed by atoms with Gasteiger partial charge in [-0.15, -0.1) is 11.3 Å². The second kappa shape index (κ2) is 5.18. The van der Waals surface area contributed by atoms with Gasteiger partial charge in [-0.25, -0.2) is 4.98 Å². The van der Waals surface area contributed by atoms with E-state index in [9.17, 15) is 13.2 Å². The highest BCUT2D eigenvalue weighted by molar-refractivity contribution is 7.15. The Kier molecular flexibility index (Phi) is 3.61. The summed E-state index contributed by atoms with van der Waals surface area (Å²) in [6.45, 7) is 0. The number of hydrogen-bond acceptors (Lipinski definition) is 3. The Morgan fingerprint density at radius 2 is 2.10 bits per heavy atom. The molecule has 1 aliphatic rings. The topological polar surface area (TPSA) is 38.9 Å². The number of hydrogen-bond donors (Lipinski definition) is 1. The molecular weight excluding hydrogens is 321 g/mol.